The van der Waals surface area contributed by atoms with E-state index in [1.807, 2.05) is 0 Å². The lowest BCUT2D eigenvalue weighted by Crippen LogP contribution is -2.50. The van der Waals surface area contributed by atoms with Crippen molar-refractivity contribution >= 4 is 23.1 Å². The molecule has 2 aliphatic carbocycles. The van der Waals surface area contributed by atoms with Gasteiger partial charge in [0.2, 0.25) is 5.91 Å². The minimum Gasteiger partial charge on any atom is -0.392 e. The zero-order chi connectivity index (χ0) is 13.7. The summed E-state index contributed by atoms with van der Waals surface area (Å²) in [5, 5.41) is 3.10. The molecule has 108 valence electrons. The van der Waals surface area contributed by atoms with E-state index in [1.165, 1.54) is 32.1 Å². The van der Waals surface area contributed by atoms with Gasteiger partial charge in [-0.05, 0) is 25.2 Å². The number of thiocarbonyl (C=S) groups is 1. The van der Waals surface area contributed by atoms with Crippen LogP contribution in [0.2, 0.25) is 0 Å². The number of carbonyl (C=O) groups is 1. The highest BCUT2D eigenvalue weighted by atomic mass is 32.1. The van der Waals surface area contributed by atoms with Crippen LogP contribution >= 0.6 is 12.2 Å². The summed E-state index contributed by atoms with van der Waals surface area (Å²) >= 11 is 5.18. The van der Waals surface area contributed by atoms with E-state index in [4.69, 9.17) is 18.0 Å². The fourth-order valence-electron chi connectivity index (χ4n) is 3.60. The average Bonchev–Trinajstić information content (AvgIpc) is 2.92. The van der Waals surface area contributed by atoms with Crippen molar-refractivity contribution in [2.45, 2.75) is 64.2 Å². The third-order valence-electron chi connectivity index (χ3n) is 4.93. The van der Waals surface area contributed by atoms with Crippen LogP contribution in [-0.4, -0.2) is 17.4 Å². The van der Waals surface area contributed by atoms with Gasteiger partial charge in [0.25, 0.3) is 0 Å². The molecule has 2 saturated carbocycles. The first-order chi connectivity index (χ1) is 9.15. The van der Waals surface area contributed by atoms with Gasteiger partial charge in [-0.2, -0.15) is 0 Å². The van der Waals surface area contributed by atoms with Crippen molar-refractivity contribution in [2.75, 3.05) is 6.54 Å². The topological polar surface area (TPSA) is 55.1 Å². The van der Waals surface area contributed by atoms with Crippen molar-refractivity contribution in [3.8, 4) is 0 Å². The van der Waals surface area contributed by atoms with Crippen LogP contribution in [-0.2, 0) is 4.79 Å². The van der Waals surface area contributed by atoms with Crippen LogP contribution in [0.15, 0.2) is 0 Å². The van der Waals surface area contributed by atoms with E-state index < -0.39 is 5.41 Å². The lowest BCUT2D eigenvalue weighted by atomic mass is 9.73. The molecule has 0 spiro atoms. The Bertz CT molecular complexity index is 331. The SMILES string of the molecule is NC(=S)C1(C(=O)NCCC2CCCC2)CCCCC1. The number of nitrogens with one attached hydrogen (secondary N) is 1. The van der Waals surface area contributed by atoms with E-state index in [0.29, 0.717) is 4.99 Å². The third-order valence-corrected chi connectivity index (χ3v) is 5.32. The summed E-state index contributed by atoms with van der Waals surface area (Å²) in [6, 6.07) is 0. The van der Waals surface area contributed by atoms with E-state index in [-0.39, 0.29) is 5.91 Å². The first-order valence-corrected chi connectivity index (χ1v) is 8.14. The number of carbonyl (C=O) groups excluding carboxylic acids is 1. The molecule has 0 aromatic rings. The maximum Gasteiger partial charge on any atom is 0.233 e. The zero-order valence-corrected chi connectivity index (χ0v) is 12.6. The Morgan fingerprint density at radius 1 is 1.16 bits per heavy atom. The van der Waals surface area contributed by atoms with Gasteiger partial charge in [0.15, 0.2) is 0 Å². The van der Waals surface area contributed by atoms with Crippen molar-refractivity contribution in [1.29, 1.82) is 0 Å². The lowest BCUT2D eigenvalue weighted by molar-refractivity contribution is -0.128. The molecule has 2 aliphatic rings. The van der Waals surface area contributed by atoms with E-state index in [9.17, 15) is 4.79 Å². The van der Waals surface area contributed by atoms with Gasteiger partial charge in [-0.15, -0.1) is 0 Å². The lowest BCUT2D eigenvalue weighted by Gasteiger charge is -2.34. The van der Waals surface area contributed by atoms with Crippen LogP contribution in [0.1, 0.15) is 64.2 Å². The highest BCUT2D eigenvalue weighted by molar-refractivity contribution is 7.80. The van der Waals surface area contributed by atoms with Crippen LogP contribution in [0.5, 0.6) is 0 Å². The summed E-state index contributed by atoms with van der Waals surface area (Å²) in [6.07, 6.45) is 11.5. The Balaban J connectivity index is 1.83. The summed E-state index contributed by atoms with van der Waals surface area (Å²) in [4.78, 5) is 12.9. The molecule has 19 heavy (non-hydrogen) atoms. The molecule has 0 atom stereocenters. The van der Waals surface area contributed by atoms with Gasteiger partial charge in [-0.25, -0.2) is 0 Å². The number of hydrogen-bond donors (Lipinski definition) is 2. The second kappa shape index (κ2) is 6.69. The molecule has 0 aliphatic heterocycles. The standard InChI is InChI=1S/C15H26N2OS/c16-13(19)15(9-4-1-5-10-15)14(18)17-11-8-12-6-2-3-7-12/h12H,1-11H2,(H2,16,19)(H,17,18). The van der Waals surface area contributed by atoms with E-state index in [2.05, 4.69) is 5.32 Å². The molecule has 3 N–H and O–H groups in total. The van der Waals surface area contributed by atoms with Crippen molar-refractivity contribution in [3.63, 3.8) is 0 Å². The Hall–Kier alpha value is -0.640. The monoisotopic (exact) mass is 282 g/mol. The minimum absolute atomic E-state index is 0.0812. The second-order valence-corrected chi connectivity index (χ2v) is 6.64. The third kappa shape index (κ3) is 3.47. The molecule has 3 nitrogen and oxygen atoms in total. The van der Waals surface area contributed by atoms with E-state index in [0.717, 1.165) is 44.6 Å². The largest absolute Gasteiger partial charge is 0.392 e. The minimum atomic E-state index is -0.552. The first kappa shape index (κ1) is 14.8. The summed E-state index contributed by atoms with van der Waals surface area (Å²) < 4.78 is 0. The Morgan fingerprint density at radius 2 is 1.79 bits per heavy atom. The number of hydrogen-bond acceptors (Lipinski definition) is 2. The van der Waals surface area contributed by atoms with Crippen molar-refractivity contribution in [2.24, 2.45) is 17.1 Å². The smallest absolute Gasteiger partial charge is 0.233 e. The van der Waals surface area contributed by atoms with Crippen LogP contribution in [0.3, 0.4) is 0 Å². The quantitative estimate of drug-likeness (QED) is 0.762. The van der Waals surface area contributed by atoms with Crippen molar-refractivity contribution in [3.05, 3.63) is 0 Å². The van der Waals surface area contributed by atoms with Crippen LogP contribution in [0.25, 0.3) is 0 Å². The van der Waals surface area contributed by atoms with Gasteiger partial charge in [0, 0.05) is 6.54 Å². The predicted octanol–water partition coefficient (Wildman–Crippen LogP) is 2.92. The summed E-state index contributed by atoms with van der Waals surface area (Å²) in [5.41, 5.74) is 5.32. The Morgan fingerprint density at radius 3 is 2.37 bits per heavy atom. The Labute approximate surface area is 121 Å². The molecule has 4 heteroatoms. The summed E-state index contributed by atoms with van der Waals surface area (Å²) in [7, 11) is 0. The van der Waals surface area contributed by atoms with Gasteiger partial charge in [-0.1, -0.05) is 57.2 Å². The van der Waals surface area contributed by atoms with Gasteiger partial charge >= 0.3 is 0 Å². The highest BCUT2D eigenvalue weighted by Gasteiger charge is 2.42. The summed E-state index contributed by atoms with van der Waals surface area (Å²) in [6.45, 7) is 0.786. The average molecular weight is 282 g/mol. The van der Waals surface area contributed by atoms with Gasteiger partial charge in [0.1, 0.15) is 0 Å². The number of nitrogens with two attached hydrogens (primary N) is 1. The van der Waals surface area contributed by atoms with E-state index >= 15 is 0 Å². The van der Waals surface area contributed by atoms with Gasteiger partial charge in [-0.3, -0.25) is 4.79 Å². The van der Waals surface area contributed by atoms with Gasteiger partial charge < -0.3 is 11.1 Å². The maximum atomic E-state index is 12.5. The van der Waals surface area contributed by atoms with Crippen LogP contribution in [0.4, 0.5) is 0 Å². The predicted molar refractivity (Wildman–Crippen MR) is 81.9 cm³/mol. The molecule has 0 bridgehead atoms. The molecule has 2 rings (SSSR count). The highest BCUT2D eigenvalue weighted by Crippen LogP contribution is 2.37. The molecule has 2 fully saturated rings. The fraction of sp³-hybridized carbons (Fsp3) is 0.867. The van der Waals surface area contributed by atoms with Crippen LogP contribution < -0.4 is 11.1 Å². The molecule has 0 unspecified atom stereocenters. The Kier molecular flexibility index (Phi) is 5.20. The molecule has 1 amide bonds. The fourth-order valence-corrected chi connectivity index (χ4v) is 3.90. The molecular weight excluding hydrogens is 256 g/mol. The van der Waals surface area contributed by atoms with Crippen molar-refractivity contribution in [1.82, 2.24) is 5.32 Å². The normalized spacial score (nSPS) is 23.2. The second-order valence-electron chi connectivity index (χ2n) is 6.20. The molecular formula is C15H26N2OS. The zero-order valence-electron chi connectivity index (χ0n) is 11.7. The number of rotatable bonds is 5. The molecule has 0 aromatic carbocycles. The first-order valence-electron chi connectivity index (χ1n) is 7.73. The van der Waals surface area contributed by atoms with Crippen LogP contribution in [0, 0.1) is 11.3 Å². The van der Waals surface area contributed by atoms with E-state index in [1.54, 1.807) is 0 Å². The van der Waals surface area contributed by atoms with Crippen molar-refractivity contribution < 1.29 is 4.79 Å². The molecule has 0 aromatic heterocycles. The van der Waals surface area contributed by atoms with Gasteiger partial charge in [0.05, 0.1) is 10.4 Å². The number of amides is 1. The molecule has 0 saturated heterocycles. The maximum absolute atomic E-state index is 12.5. The molecule has 0 radical (unpaired) electrons. The molecule has 0 heterocycles. The summed E-state index contributed by atoms with van der Waals surface area (Å²) in [5.74, 6) is 0.894.